The average Bonchev–Trinajstić information content (AvgIpc) is 2.52. The molecule has 2 rings (SSSR count). The number of nitrogens with zero attached hydrogens (tertiary/aromatic N) is 1. The van der Waals surface area contributed by atoms with Gasteiger partial charge in [-0.1, -0.05) is 12.1 Å². The zero-order valence-electron chi connectivity index (χ0n) is 13.0. The summed E-state index contributed by atoms with van der Waals surface area (Å²) in [7, 11) is 7.40. The van der Waals surface area contributed by atoms with Gasteiger partial charge in [-0.15, -0.1) is 0 Å². The fourth-order valence-corrected chi connectivity index (χ4v) is 2.06. The SMILES string of the molecule is COc1ccc(OC)c(NCc2ccc(N(C)C)cc2)c1. The fraction of sp³-hybridized carbons (Fsp3) is 0.294. The molecular formula is C17H22N2O2. The molecule has 0 aliphatic rings. The van der Waals surface area contributed by atoms with Crippen molar-refractivity contribution in [3.05, 3.63) is 48.0 Å². The van der Waals surface area contributed by atoms with E-state index < -0.39 is 0 Å². The summed E-state index contributed by atoms with van der Waals surface area (Å²) in [6, 6.07) is 14.2. The van der Waals surface area contributed by atoms with Crippen molar-refractivity contribution in [1.82, 2.24) is 0 Å². The second-order valence-corrected chi connectivity index (χ2v) is 4.98. The van der Waals surface area contributed by atoms with Gasteiger partial charge in [0.05, 0.1) is 19.9 Å². The van der Waals surface area contributed by atoms with Gasteiger partial charge in [-0.25, -0.2) is 0 Å². The largest absolute Gasteiger partial charge is 0.497 e. The first-order chi connectivity index (χ1) is 10.1. The van der Waals surface area contributed by atoms with E-state index in [9.17, 15) is 0 Å². The minimum Gasteiger partial charge on any atom is -0.497 e. The third kappa shape index (κ3) is 3.81. The molecule has 2 aromatic rings. The summed E-state index contributed by atoms with van der Waals surface area (Å²) in [4.78, 5) is 2.09. The van der Waals surface area contributed by atoms with Crippen molar-refractivity contribution in [3.8, 4) is 11.5 Å². The molecule has 21 heavy (non-hydrogen) atoms. The number of rotatable bonds is 6. The molecule has 1 N–H and O–H groups in total. The van der Waals surface area contributed by atoms with Gasteiger partial charge in [-0.2, -0.15) is 0 Å². The minimum atomic E-state index is 0.733. The van der Waals surface area contributed by atoms with Gasteiger partial charge >= 0.3 is 0 Å². The average molecular weight is 286 g/mol. The van der Waals surface area contributed by atoms with Crippen molar-refractivity contribution in [2.24, 2.45) is 0 Å². The Morgan fingerprint density at radius 1 is 0.952 bits per heavy atom. The maximum absolute atomic E-state index is 5.36. The summed E-state index contributed by atoms with van der Waals surface area (Å²) < 4.78 is 10.6. The molecule has 0 aliphatic heterocycles. The van der Waals surface area contributed by atoms with Crippen LogP contribution in [-0.4, -0.2) is 28.3 Å². The van der Waals surface area contributed by atoms with Gasteiger partial charge in [0.2, 0.25) is 0 Å². The Hall–Kier alpha value is -2.36. The van der Waals surface area contributed by atoms with E-state index in [-0.39, 0.29) is 0 Å². The number of hydrogen-bond donors (Lipinski definition) is 1. The van der Waals surface area contributed by atoms with Gasteiger partial charge in [0.15, 0.2) is 0 Å². The van der Waals surface area contributed by atoms with Crippen molar-refractivity contribution in [1.29, 1.82) is 0 Å². The van der Waals surface area contributed by atoms with Crippen LogP contribution in [0.25, 0.3) is 0 Å². The zero-order valence-corrected chi connectivity index (χ0v) is 13.0. The molecule has 0 spiro atoms. The van der Waals surface area contributed by atoms with Crippen LogP contribution in [0.1, 0.15) is 5.56 Å². The fourth-order valence-electron chi connectivity index (χ4n) is 2.06. The molecule has 2 aromatic carbocycles. The molecule has 0 radical (unpaired) electrons. The highest BCUT2D eigenvalue weighted by Crippen LogP contribution is 2.29. The normalized spacial score (nSPS) is 10.1. The van der Waals surface area contributed by atoms with E-state index >= 15 is 0 Å². The molecule has 0 aliphatic carbocycles. The van der Waals surface area contributed by atoms with Gasteiger partial charge in [0.1, 0.15) is 11.5 Å². The van der Waals surface area contributed by atoms with Gasteiger partial charge < -0.3 is 19.7 Å². The number of ether oxygens (including phenoxy) is 2. The molecular weight excluding hydrogens is 264 g/mol. The van der Waals surface area contributed by atoms with Crippen LogP contribution in [0.2, 0.25) is 0 Å². The Balaban J connectivity index is 2.08. The van der Waals surface area contributed by atoms with Crippen LogP contribution in [0.4, 0.5) is 11.4 Å². The molecule has 0 fully saturated rings. The number of hydrogen-bond acceptors (Lipinski definition) is 4. The molecule has 0 heterocycles. The van der Waals surface area contributed by atoms with Crippen LogP contribution >= 0.6 is 0 Å². The standard InChI is InChI=1S/C17H22N2O2/c1-19(2)14-7-5-13(6-8-14)12-18-16-11-15(20-3)9-10-17(16)21-4/h5-11,18H,12H2,1-4H3. The number of anilines is 2. The molecule has 0 amide bonds. The summed E-state index contributed by atoms with van der Waals surface area (Å²) in [5.74, 6) is 1.61. The van der Waals surface area contributed by atoms with Crippen molar-refractivity contribution in [2.45, 2.75) is 6.54 Å². The first-order valence-electron chi connectivity index (χ1n) is 6.86. The number of benzene rings is 2. The molecule has 0 bridgehead atoms. The Morgan fingerprint density at radius 3 is 2.24 bits per heavy atom. The first-order valence-corrected chi connectivity index (χ1v) is 6.86. The Labute approximate surface area is 126 Å². The van der Waals surface area contributed by atoms with Crippen molar-refractivity contribution in [2.75, 3.05) is 38.5 Å². The van der Waals surface area contributed by atoms with Gasteiger partial charge in [-0.3, -0.25) is 0 Å². The van der Waals surface area contributed by atoms with Crippen molar-refractivity contribution >= 4 is 11.4 Å². The Kier molecular flexibility index (Phi) is 4.93. The van der Waals surface area contributed by atoms with E-state index in [1.54, 1.807) is 14.2 Å². The smallest absolute Gasteiger partial charge is 0.142 e. The third-order valence-electron chi connectivity index (χ3n) is 3.34. The second kappa shape index (κ2) is 6.88. The highest BCUT2D eigenvalue weighted by atomic mass is 16.5. The molecule has 112 valence electrons. The summed E-state index contributed by atoms with van der Waals surface area (Å²) in [6.45, 7) is 0.733. The molecule has 4 nitrogen and oxygen atoms in total. The lowest BCUT2D eigenvalue weighted by Crippen LogP contribution is -2.08. The maximum Gasteiger partial charge on any atom is 0.142 e. The van der Waals surface area contributed by atoms with Gasteiger partial charge in [0, 0.05) is 32.4 Å². The van der Waals surface area contributed by atoms with E-state index in [0.717, 1.165) is 23.7 Å². The van der Waals surface area contributed by atoms with Crippen LogP contribution < -0.4 is 19.7 Å². The zero-order chi connectivity index (χ0) is 15.2. The summed E-state index contributed by atoms with van der Waals surface area (Å²) in [5.41, 5.74) is 3.33. The van der Waals surface area contributed by atoms with Crippen LogP contribution in [0, 0.1) is 0 Å². The Bertz CT molecular complexity index is 580. The topological polar surface area (TPSA) is 33.7 Å². The summed E-state index contributed by atoms with van der Waals surface area (Å²) in [6.07, 6.45) is 0. The Morgan fingerprint density at radius 2 is 1.67 bits per heavy atom. The van der Waals surface area contributed by atoms with Gasteiger partial charge in [0.25, 0.3) is 0 Å². The van der Waals surface area contributed by atoms with Crippen LogP contribution in [-0.2, 0) is 6.54 Å². The summed E-state index contributed by atoms with van der Waals surface area (Å²) >= 11 is 0. The lowest BCUT2D eigenvalue weighted by molar-refractivity contribution is 0.404. The lowest BCUT2D eigenvalue weighted by Gasteiger charge is -2.14. The second-order valence-electron chi connectivity index (χ2n) is 4.98. The van der Waals surface area contributed by atoms with Crippen molar-refractivity contribution < 1.29 is 9.47 Å². The molecule has 0 atom stereocenters. The molecule has 4 heteroatoms. The predicted octanol–water partition coefficient (Wildman–Crippen LogP) is 3.38. The summed E-state index contributed by atoms with van der Waals surface area (Å²) in [5, 5.41) is 3.39. The van der Waals surface area contributed by atoms with E-state index in [1.807, 2.05) is 32.3 Å². The van der Waals surface area contributed by atoms with E-state index in [1.165, 1.54) is 11.3 Å². The third-order valence-corrected chi connectivity index (χ3v) is 3.34. The molecule has 0 unspecified atom stereocenters. The number of nitrogens with one attached hydrogen (secondary N) is 1. The quantitative estimate of drug-likeness (QED) is 0.882. The highest BCUT2D eigenvalue weighted by Gasteiger charge is 2.05. The van der Waals surface area contributed by atoms with Gasteiger partial charge in [-0.05, 0) is 29.8 Å². The van der Waals surface area contributed by atoms with E-state index in [0.29, 0.717) is 0 Å². The highest BCUT2D eigenvalue weighted by molar-refractivity contribution is 5.60. The number of methoxy groups -OCH3 is 2. The maximum atomic E-state index is 5.36. The minimum absolute atomic E-state index is 0.733. The molecule has 0 aromatic heterocycles. The van der Waals surface area contributed by atoms with Crippen molar-refractivity contribution in [3.63, 3.8) is 0 Å². The van der Waals surface area contributed by atoms with Crippen LogP contribution in [0.3, 0.4) is 0 Å². The molecule has 0 saturated heterocycles. The van der Waals surface area contributed by atoms with E-state index in [4.69, 9.17) is 9.47 Å². The predicted molar refractivity (Wildman–Crippen MR) is 87.6 cm³/mol. The van der Waals surface area contributed by atoms with Crippen LogP contribution in [0.15, 0.2) is 42.5 Å². The van der Waals surface area contributed by atoms with Crippen LogP contribution in [0.5, 0.6) is 11.5 Å². The van der Waals surface area contributed by atoms with E-state index in [2.05, 4.69) is 34.5 Å². The lowest BCUT2D eigenvalue weighted by atomic mass is 10.2. The molecule has 0 saturated carbocycles. The first kappa shape index (κ1) is 15.0. The monoisotopic (exact) mass is 286 g/mol.